The molecule has 0 bridgehead atoms. The van der Waals surface area contributed by atoms with E-state index >= 15 is 0 Å². The Morgan fingerprint density at radius 1 is 1.00 bits per heavy atom. The average molecular weight is 495 g/mol. The van der Waals surface area contributed by atoms with E-state index in [1.807, 2.05) is 45.0 Å². The van der Waals surface area contributed by atoms with Crippen LogP contribution in [0.25, 0.3) is 11.1 Å². The monoisotopic (exact) mass is 494 g/mol. The molecular formula is C28H34N2O6. The number of likely N-dealkylation sites (tertiary alicyclic amines) is 1. The highest BCUT2D eigenvalue weighted by molar-refractivity contribution is 5.79. The topological polar surface area (TPSA) is 96.4 Å². The van der Waals surface area contributed by atoms with E-state index < -0.39 is 17.7 Å². The molecule has 1 heterocycles. The Labute approximate surface area is 211 Å². The van der Waals surface area contributed by atoms with Crippen LogP contribution in [0.1, 0.15) is 50.7 Å². The standard InChI is InChI=1S/C28H34N2O6/c1-28(2,3)36-27(34)30-16-19(17-30)15-29(14-8-13-25(31)32)26(33)35-18-24-22-11-6-4-9-20(22)21-10-5-7-12-23(21)24/h4-7,9-12,19,24H,8,13-18H2,1-3H3,(H,31,32). The van der Waals surface area contributed by atoms with E-state index in [4.69, 9.17) is 14.6 Å². The van der Waals surface area contributed by atoms with Gasteiger partial charge >= 0.3 is 18.2 Å². The van der Waals surface area contributed by atoms with Crippen LogP contribution in [0.2, 0.25) is 0 Å². The summed E-state index contributed by atoms with van der Waals surface area (Å²) < 4.78 is 11.2. The van der Waals surface area contributed by atoms with Gasteiger partial charge in [0.1, 0.15) is 12.2 Å². The second-order valence-corrected chi connectivity index (χ2v) is 10.5. The molecule has 0 spiro atoms. The fourth-order valence-corrected chi connectivity index (χ4v) is 4.84. The third-order valence-electron chi connectivity index (χ3n) is 6.50. The lowest BCUT2D eigenvalue weighted by molar-refractivity contribution is -0.137. The van der Waals surface area contributed by atoms with Crippen LogP contribution in [0.3, 0.4) is 0 Å². The summed E-state index contributed by atoms with van der Waals surface area (Å²) in [4.78, 5) is 39.6. The number of hydrogen-bond acceptors (Lipinski definition) is 5. The summed E-state index contributed by atoms with van der Waals surface area (Å²) in [6, 6.07) is 16.3. The van der Waals surface area contributed by atoms with E-state index in [1.54, 1.807) is 9.80 Å². The van der Waals surface area contributed by atoms with Crippen LogP contribution < -0.4 is 0 Å². The Kier molecular flexibility index (Phi) is 7.52. The van der Waals surface area contributed by atoms with E-state index in [-0.39, 0.29) is 37.5 Å². The highest BCUT2D eigenvalue weighted by atomic mass is 16.6. The Hall–Kier alpha value is -3.55. The second kappa shape index (κ2) is 10.6. The van der Waals surface area contributed by atoms with Crippen molar-refractivity contribution in [2.75, 3.05) is 32.8 Å². The predicted molar refractivity (Wildman–Crippen MR) is 135 cm³/mol. The van der Waals surface area contributed by atoms with Gasteiger partial charge in [-0.3, -0.25) is 4.79 Å². The Bertz CT molecular complexity index is 1070. The number of fused-ring (bicyclic) bond motifs is 3. The molecule has 8 heteroatoms. The summed E-state index contributed by atoms with van der Waals surface area (Å²) in [5, 5.41) is 9.03. The molecule has 0 aromatic heterocycles. The number of nitrogens with zero attached hydrogens (tertiary/aromatic N) is 2. The molecule has 2 aliphatic rings. The third kappa shape index (κ3) is 5.98. The minimum atomic E-state index is -0.901. The maximum absolute atomic E-state index is 13.1. The van der Waals surface area contributed by atoms with E-state index in [0.717, 1.165) is 22.3 Å². The van der Waals surface area contributed by atoms with Crippen molar-refractivity contribution in [3.05, 3.63) is 59.7 Å². The first-order valence-electron chi connectivity index (χ1n) is 12.4. The molecule has 0 radical (unpaired) electrons. The van der Waals surface area contributed by atoms with Crippen molar-refractivity contribution in [2.45, 2.75) is 45.1 Å². The Morgan fingerprint density at radius 2 is 1.58 bits per heavy atom. The number of carbonyl (C=O) groups is 3. The summed E-state index contributed by atoms with van der Waals surface area (Å²) in [6.07, 6.45) is -0.514. The number of ether oxygens (including phenoxy) is 2. The molecule has 0 saturated carbocycles. The van der Waals surface area contributed by atoms with Gasteiger partial charge in [-0.2, -0.15) is 0 Å². The number of amides is 2. The SMILES string of the molecule is CC(C)(C)OC(=O)N1CC(CN(CCCC(=O)O)C(=O)OCC2c3ccccc3-c3ccccc32)C1. The molecule has 192 valence electrons. The number of benzene rings is 2. The molecule has 0 atom stereocenters. The van der Waals surface area contributed by atoms with Crippen LogP contribution in [0.5, 0.6) is 0 Å². The lowest BCUT2D eigenvalue weighted by atomic mass is 9.98. The molecule has 1 fully saturated rings. The fourth-order valence-electron chi connectivity index (χ4n) is 4.84. The number of carbonyl (C=O) groups excluding carboxylic acids is 2. The lowest BCUT2D eigenvalue weighted by Gasteiger charge is -2.41. The molecule has 2 aromatic rings. The van der Waals surface area contributed by atoms with Crippen molar-refractivity contribution in [3.63, 3.8) is 0 Å². The van der Waals surface area contributed by atoms with Gasteiger partial charge in [0.25, 0.3) is 0 Å². The molecule has 2 aromatic carbocycles. The van der Waals surface area contributed by atoms with Gasteiger partial charge in [-0.05, 0) is 49.4 Å². The van der Waals surface area contributed by atoms with Gasteiger partial charge in [0, 0.05) is 44.4 Å². The first kappa shape index (κ1) is 25.5. The molecule has 2 amide bonds. The van der Waals surface area contributed by atoms with Gasteiger partial charge < -0.3 is 24.4 Å². The summed E-state index contributed by atoms with van der Waals surface area (Å²) in [6.45, 7) is 7.33. The molecule has 36 heavy (non-hydrogen) atoms. The molecule has 1 aliphatic carbocycles. The molecule has 1 saturated heterocycles. The highest BCUT2D eigenvalue weighted by Crippen LogP contribution is 2.44. The molecule has 8 nitrogen and oxygen atoms in total. The average Bonchev–Trinajstić information content (AvgIpc) is 3.10. The minimum Gasteiger partial charge on any atom is -0.481 e. The van der Waals surface area contributed by atoms with Gasteiger partial charge in [0.2, 0.25) is 0 Å². The number of carboxylic acid groups (broad SMARTS) is 1. The highest BCUT2D eigenvalue weighted by Gasteiger charge is 2.36. The zero-order chi connectivity index (χ0) is 25.9. The van der Waals surface area contributed by atoms with E-state index in [0.29, 0.717) is 26.1 Å². The van der Waals surface area contributed by atoms with Gasteiger partial charge in [0.15, 0.2) is 0 Å². The van der Waals surface area contributed by atoms with E-state index in [2.05, 4.69) is 24.3 Å². The summed E-state index contributed by atoms with van der Waals surface area (Å²) in [5.41, 5.74) is 4.02. The first-order chi connectivity index (χ1) is 17.1. The number of rotatable bonds is 8. The van der Waals surface area contributed by atoms with Gasteiger partial charge in [0.05, 0.1) is 0 Å². The van der Waals surface area contributed by atoms with Crippen molar-refractivity contribution < 1.29 is 29.0 Å². The maximum atomic E-state index is 13.1. The van der Waals surface area contributed by atoms with Crippen molar-refractivity contribution in [3.8, 4) is 11.1 Å². The fraction of sp³-hybridized carbons (Fsp3) is 0.464. The number of aliphatic carboxylic acids is 1. The normalized spacial score (nSPS) is 15.0. The Balaban J connectivity index is 1.37. The third-order valence-corrected chi connectivity index (χ3v) is 6.50. The quantitative estimate of drug-likeness (QED) is 0.557. The first-order valence-corrected chi connectivity index (χ1v) is 12.4. The molecule has 1 aliphatic heterocycles. The molecular weight excluding hydrogens is 460 g/mol. The smallest absolute Gasteiger partial charge is 0.410 e. The van der Waals surface area contributed by atoms with Crippen LogP contribution in [0.15, 0.2) is 48.5 Å². The summed E-state index contributed by atoms with van der Waals surface area (Å²) in [5.74, 6) is -0.862. The van der Waals surface area contributed by atoms with Crippen LogP contribution in [-0.2, 0) is 14.3 Å². The van der Waals surface area contributed by atoms with E-state index in [1.165, 1.54) is 0 Å². The summed E-state index contributed by atoms with van der Waals surface area (Å²) in [7, 11) is 0. The van der Waals surface area contributed by atoms with Crippen LogP contribution in [-0.4, -0.2) is 71.4 Å². The second-order valence-electron chi connectivity index (χ2n) is 10.5. The number of hydrogen-bond donors (Lipinski definition) is 1. The van der Waals surface area contributed by atoms with Crippen LogP contribution >= 0.6 is 0 Å². The zero-order valence-corrected chi connectivity index (χ0v) is 21.1. The molecule has 1 N–H and O–H groups in total. The predicted octanol–water partition coefficient (Wildman–Crippen LogP) is 4.97. The van der Waals surface area contributed by atoms with E-state index in [9.17, 15) is 14.4 Å². The molecule has 0 unspecified atom stereocenters. The summed E-state index contributed by atoms with van der Waals surface area (Å²) >= 11 is 0. The maximum Gasteiger partial charge on any atom is 0.410 e. The van der Waals surface area contributed by atoms with Gasteiger partial charge in [-0.15, -0.1) is 0 Å². The Morgan fingerprint density at radius 3 is 2.14 bits per heavy atom. The van der Waals surface area contributed by atoms with Crippen molar-refractivity contribution >= 4 is 18.2 Å². The largest absolute Gasteiger partial charge is 0.481 e. The van der Waals surface area contributed by atoms with Crippen molar-refractivity contribution in [1.29, 1.82) is 0 Å². The zero-order valence-electron chi connectivity index (χ0n) is 21.1. The van der Waals surface area contributed by atoms with Crippen LogP contribution in [0.4, 0.5) is 9.59 Å². The van der Waals surface area contributed by atoms with Gasteiger partial charge in [-0.25, -0.2) is 9.59 Å². The van der Waals surface area contributed by atoms with Crippen molar-refractivity contribution in [1.82, 2.24) is 9.80 Å². The number of carboxylic acids is 1. The minimum absolute atomic E-state index is 0.0259. The lowest BCUT2D eigenvalue weighted by Crippen LogP contribution is -2.55. The molecule has 4 rings (SSSR count). The van der Waals surface area contributed by atoms with Crippen molar-refractivity contribution in [2.24, 2.45) is 5.92 Å². The van der Waals surface area contributed by atoms with Crippen LogP contribution in [0, 0.1) is 5.92 Å². The van der Waals surface area contributed by atoms with Gasteiger partial charge in [-0.1, -0.05) is 48.5 Å².